The van der Waals surface area contributed by atoms with Crippen LogP contribution in [-0.2, 0) is 14.8 Å². The molecular weight excluding hydrogens is 398 g/mol. The maximum absolute atomic E-state index is 13.9. The zero-order valence-electron chi connectivity index (χ0n) is 17.4. The number of carbonyl (C=O) groups excluding carboxylic acids is 1. The molecule has 0 fully saturated rings. The Morgan fingerprint density at radius 2 is 1.52 bits per heavy atom. The number of rotatable bonds is 6. The molecule has 1 amide bonds. The maximum Gasteiger partial charge on any atom is 0.241 e. The molecule has 0 heterocycles. The van der Waals surface area contributed by atoms with Crippen molar-refractivity contribution in [3.8, 4) is 0 Å². The molecule has 0 saturated carbocycles. The van der Waals surface area contributed by atoms with E-state index in [1.165, 1.54) is 19.9 Å². The summed E-state index contributed by atoms with van der Waals surface area (Å²) in [6, 6.07) is 3.13. The number of nitrogens with one attached hydrogen (secondary N) is 2. The SMILES string of the molecule is Cc1cc(C)c(C)c(S(=O)(=O)N[C@@H](C)C(=O)NC(C)c2ccc(F)cc2F)c1C. The van der Waals surface area contributed by atoms with Gasteiger partial charge in [-0.3, -0.25) is 4.79 Å². The first-order chi connectivity index (χ1) is 13.3. The van der Waals surface area contributed by atoms with Crippen molar-refractivity contribution in [1.29, 1.82) is 0 Å². The molecule has 0 aliphatic rings. The largest absolute Gasteiger partial charge is 0.348 e. The van der Waals surface area contributed by atoms with Crippen LogP contribution in [-0.4, -0.2) is 20.4 Å². The van der Waals surface area contributed by atoms with Crippen molar-refractivity contribution in [3.63, 3.8) is 0 Å². The average Bonchev–Trinajstić information content (AvgIpc) is 2.59. The third kappa shape index (κ3) is 5.00. The third-order valence-corrected chi connectivity index (χ3v) is 6.89. The summed E-state index contributed by atoms with van der Waals surface area (Å²) >= 11 is 0. The Morgan fingerprint density at radius 1 is 0.966 bits per heavy atom. The molecule has 0 spiro atoms. The lowest BCUT2D eigenvalue weighted by atomic mass is 10.0. The Hall–Kier alpha value is -2.32. The summed E-state index contributed by atoms with van der Waals surface area (Å²) in [5, 5.41) is 2.55. The van der Waals surface area contributed by atoms with E-state index in [1.807, 2.05) is 19.9 Å². The number of amides is 1. The van der Waals surface area contributed by atoms with Gasteiger partial charge in [0.15, 0.2) is 0 Å². The first-order valence-corrected chi connectivity index (χ1v) is 10.7. The molecule has 0 bridgehead atoms. The maximum atomic E-state index is 13.9. The number of hydrogen-bond donors (Lipinski definition) is 2. The molecule has 2 atom stereocenters. The fourth-order valence-corrected chi connectivity index (χ4v) is 5.02. The molecule has 8 heteroatoms. The van der Waals surface area contributed by atoms with Crippen molar-refractivity contribution in [2.75, 3.05) is 0 Å². The van der Waals surface area contributed by atoms with Crippen LogP contribution in [0.4, 0.5) is 8.78 Å². The monoisotopic (exact) mass is 424 g/mol. The van der Waals surface area contributed by atoms with Crippen molar-refractivity contribution in [1.82, 2.24) is 10.0 Å². The van der Waals surface area contributed by atoms with Gasteiger partial charge in [-0.15, -0.1) is 0 Å². The van der Waals surface area contributed by atoms with Crippen molar-refractivity contribution in [2.24, 2.45) is 0 Å². The molecule has 158 valence electrons. The lowest BCUT2D eigenvalue weighted by Crippen LogP contribution is -2.45. The normalized spacial score (nSPS) is 13.8. The highest BCUT2D eigenvalue weighted by molar-refractivity contribution is 7.89. The van der Waals surface area contributed by atoms with Crippen LogP contribution in [0.1, 0.15) is 47.7 Å². The summed E-state index contributed by atoms with van der Waals surface area (Å²) in [5.74, 6) is -2.12. The Labute approximate surface area is 170 Å². The van der Waals surface area contributed by atoms with Gasteiger partial charge in [0.1, 0.15) is 11.6 Å². The minimum absolute atomic E-state index is 0.107. The van der Waals surface area contributed by atoms with Crippen LogP contribution in [0.15, 0.2) is 29.2 Å². The highest BCUT2D eigenvalue weighted by atomic mass is 32.2. The Balaban J connectivity index is 2.21. The van der Waals surface area contributed by atoms with Crippen LogP contribution < -0.4 is 10.0 Å². The standard InChI is InChI=1S/C21H26F2N2O3S/c1-11-9-12(2)14(4)20(13(11)3)29(27,28)25-16(6)21(26)24-15(5)18-8-7-17(22)10-19(18)23/h7-10,15-16,25H,1-6H3,(H,24,26)/t15?,16-/m0/s1. The molecule has 0 aliphatic heterocycles. The second-order valence-corrected chi connectivity index (χ2v) is 8.98. The molecule has 2 aromatic carbocycles. The topological polar surface area (TPSA) is 75.3 Å². The van der Waals surface area contributed by atoms with E-state index in [9.17, 15) is 22.0 Å². The van der Waals surface area contributed by atoms with Gasteiger partial charge in [-0.1, -0.05) is 12.1 Å². The van der Waals surface area contributed by atoms with E-state index in [4.69, 9.17) is 0 Å². The Morgan fingerprint density at radius 3 is 2.03 bits per heavy atom. The van der Waals surface area contributed by atoms with Crippen LogP contribution in [0.5, 0.6) is 0 Å². The molecule has 2 rings (SSSR count). The summed E-state index contributed by atoms with van der Waals surface area (Å²) < 4.78 is 55.3. The lowest BCUT2D eigenvalue weighted by Gasteiger charge is -2.21. The summed E-state index contributed by atoms with van der Waals surface area (Å²) in [7, 11) is -3.96. The summed E-state index contributed by atoms with van der Waals surface area (Å²) in [6.07, 6.45) is 0. The summed E-state index contributed by atoms with van der Waals surface area (Å²) in [4.78, 5) is 12.6. The molecule has 5 nitrogen and oxygen atoms in total. The summed E-state index contributed by atoms with van der Waals surface area (Å²) in [6.45, 7) is 10.0. The molecule has 0 aromatic heterocycles. The number of benzene rings is 2. The van der Waals surface area contributed by atoms with E-state index >= 15 is 0 Å². The van der Waals surface area contributed by atoms with Crippen molar-refractivity contribution in [3.05, 3.63) is 63.7 Å². The first kappa shape index (κ1) is 23.0. The molecule has 0 aliphatic carbocycles. The van der Waals surface area contributed by atoms with Gasteiger partial charge in [0.2, 0.25) is 15.9 Å². The molecule has 2 N–H and O–H groups in total. The van der Waals surface area contributed by atoms with Gasteiger partial charge in [0.25, 0.3) is 0 Å². The highest BCUT2D eigenvalue weighted by Gasteiger charge is 2.27. The first-order valence-electron chi connectivity index (χ1n) is 9.20. The fourth-order valence-electron chi connectivity index (χ4n) is 3.20. The molecule has 2 aromatic rings. The second kappa shape index (κ2) is 8.59. The molecule has 0 saturated heterocycles. The summed E-state index contributed by atoms with van der Waals surface area (Å²) in [5.41, 5.74) is 3.03. The van der Waals surface area contributed by atoms with Crippen LogP contribution in [0.25, 0.3) is 0 Å². The fraction of sp³-hybridized carbons (Fsp3) is 0.381. The van der Waals surface area contributed by atoms with Crippen LogP contribution in [0, 0.1) is 39.3 Å². The second-order valence-electron chi connectivity index (χ2n) is 7.33. The smallest absolute Gasteiger partial charge is 0.241 e. The van der Waals surface area contributed by atoms with Crippen molar-refractivity contribution < 1.29 is 22.0 Å². The molecular formula is C21H26F2N2O3S. The van der Waals surface area contributed by atoms with Crippen LogP contribution in [0.2, 0.25) is 0 Å². The van der Waals surface area contributed by atoms with Gasteiger partial charge in [0.05, 0.1) is 17.0 Å². The van der Waals surface area contributed by atoms with Crippen molar-refractivity contribution >= 4 is 15.9 Å². The van der Waals surface area contributed by atoms with E-state index in [1.54, 1.807) is 13.8 Å². The van der Waals surface area contributed by atoms with Crippen LogP contribution >= 0.6 is 0 Å². The van der Waals surface area contributed by atoms with E-state index in [2.05, 4.69) is 10.0 Å². The minimum atomic E-state index is -3.96. The predicted octanol–water partition coefficient (Wildman–Crippen LogP) is 3.74. The van der Waals surface area contributed by atoms with E-state index in [-0.39, 0.29) is 10.5 Å². The van der Waals surface area contributed by atoms with E-state index < -0.39 is 39.6 Å². The number of aryl methyl sites for hydroxylation is 2. The van der Waals surface area contributed by atoms with Gasteiger partial charge < -0.3 is 5.32 Å². The molecule has 1 unspecified atom stereocenters. The van der Waals surface area contributed by atoms with Crippen LogP contribution in [0.3, 0.4) is 0 Å². The van der Waals surface area contributed by atoms with Gasteiger partial charge >= 0.3 is 0 Å². The van der Waals surface area contributed by atoms with Gasteiger partial charge in [-0.25, -0.2) is 17.2 Å². The molecule has 29 heavy (non-hydrogen) atoms. The number of sulfonamides is 1. The zero-order chi connectivity index (χ0) is 22.1. The number of halogens is 2. The quantitative estimate of drug-likeness (QED) is 0.742. The van der Waals surface area contributed by atoms with Gasteiger partial charge in [0, 0.05) is 11.6 Å². The van der Waals surface area contributed by atoms with E-state index in [0.717, 1.165) is 23.3 Å². The Bertz CT molecular complexity index is 1030. The zero-order valence-corrected chi connectivity index (χ0v) is 18.2. The lowest BCUT2D eigenvalue weighted by molar-refractivity contribution is -0.123. The molecule has 0 radical (unpaired) electrons. The van der Waals surface area contributed by atoms with Gasteiger partial charge in [-0.2, -0.15) is 4.72 Å². The predicted molar refractivity (Wildman–Crippen MR) is 108 cm³/mol. The minimum Gasteiger partial charge on any atom is -0.348 e. The van der Waals surface area contributed by atoms with Crippen molar-refractivity contribution in [2.45, 2.75) is 58.5 Å². The van der Waals surface area contributed by atoms with Gasteiger partial charge in [-0.05, 0) is 69.9 Å². The Kier molecular flexibility index (Phi) is 6.80. The third-order valence-electron chi connectivity index (χ3n) is 5.08. The highest BCUT2D eigenvalue weighted by Crippen LogP contribution is 2.26. The average molecular weight is 425 g/mol. The number of hydrogen-bond acceptors (Lipinski definition) is 3. The van der Waals surface area contributed by atoms with E-state index in [0.29, 0.717) is 11.1 Å². The number of carbonyl (C=O) groups is 1.